The molecule has 1 aromatic carbocycles. The summed E-state index contributed by atoms with van der Waals surface area (Å²) in [6, 6.07) is 4.25. The van der Waals surface area contributed by atoms with Crippen LogP contribution in [0.15, 0.2) is 18.2 Å². The van der Waals surface area contributed by atoms with Gasteiger partial charge in [0.2, 0.25) is 0 Å². The first-order valence-electron chi connectivity index (χ1n) is 4.18. The molecule has 14 heavy (non-hydrogen) atoms. The van der Waals surface area contributed by atoms with Crippen LogP contribution in [-0.4, -0.2) is 27.9 Å². The number of benzene rings is 1. The summed E-state index contributed by atoms with van der Waals surface area (Å²) in [4.78, 5) is 22.8. The number of carbonyl (C=O) groups is 2. The molecular weight excluding hydrogens is 184 g/mol. The van der Waals surface area contributed by atoms with E-state index in [2.05, 4.69) is 0 Å². The van der Waals surface area contributed by atoms with Crippen LogP contribution in [0.5, 0.6) is 5.75 Å². The number of hydrogen-bond acceptors (Lipinski definition) is 4. The lowest BCUT2D eigenvalue weighted by molar-refractivity contribution is 0.0651. The topological polar surface area (TPSA) is 74.6 Å². The van der Waals surface area contributed by atoms with Crippen LogP contribution in [0.4, 0.5) is 0 Å². The summed E-state index contributed by atoms with van der Waals surface area (Å²) in [5.74, 6) is -1.10. The van der Waals surface area contributed by atoms with E-state index in [0.29, 0.717) is 0 Å². The maximum Gasteiger partial charge on any atom is 0.192 e. The molecule has 0 fully saturated rings. The summed E-state index contributed by atoms with van der Waals surface area (Å²) in [6.45, 7) is 0. The monoisotopic (exact) mass is 192 g/mol. The predicted octanol–water partition coefficient (Wildman–Crippen LogP) is 0.522. The molecule has 0 amide bonds. The molecule has 0 aromatic heterocycles. The summed E-state index contributed by atoms with van der Waals surface area (Å²) in [7, 11) is 0. The molecule has 4 nitrogen and oxygen atoms in total. The number of hydrogen-bond donors (Lipinski definition) is 2. The van der Waals surface area contributed by atoms with Crippen LogP contribution in [0.1, 0.15) is 27.1 Å². The number of phenolic OH excluding ortho intramolecular Hbond substituents is 1. The zero-order valence-electron chi connectivity index (χ0n) is 7.23. The molecule has 0 saturated heterocycles. The maximum atomic E-state index is 11.4. The van der Waals surface area contributed by atoms with Gasteiger partial charge >= 0.3 is 0 Å². The van der Waals surface area contributed by atoms with Gasteiger partial charge in [-0.15, -0.1) is 0 Å². The molecule has 0 radical (unpaired) electrons. The van der Waals surface area contributed by atoms with Gasteiger partial charge in [0.05, 0.1) is 5.56 Å². The van der Waals surface area contributed by atoms with E-state index < -0.39 is 17.7 Å². The van der Waals surface area contributed by atoms with Crippen LogP contribution >= 0.6 is 0 Å². The minimum atomic E-state index is -1.27. The summed E-state index contributed by atoms with van der Waals surface area (Å²) in [5.41, 5.74) is 0.136. The van der Waals surface area contributed by atoms with Gasteiger partial charge in [0.25, 0.3) is 0 Å². The Balaban J connectivity index is 2.67. The van der Waals surface area contributed by atoms with E-state index in [0.717, 1.165) is 0 Å². The average Bonchev–Trinajstić information content (AvgIpc) is 2.14. The van der Waals surface area contributed by atoms with Crippen molar-refractivity contribution in [2.45, 2.75) is 12.5 Å². The molecule has 1 aliphatic rings. The summed E-state index contributed by atoms with van der Waals surface area (Å²) in [6.07, 6.45) is -1.51. The molecule has 4 heteroatoms. The van der Waals surface area contributed by atoms with E-state index >= 15 is 0 Å². The van der Waals surface area contributed by atoms with E-state index in [-0.39, 0.29) is 23.3 Å². The molecule has 2 N–H and O–H groups in total. The van der Waals surface area contributed by atoms with Gasteiger partial charge in [-0.05, 0) is 6.07 Å². The highest BCUT2D eigenvalue weighted by molar-refractivity contribution is 6.17. The van der Waals surface area contributed by atoms with Gasteiger partial charge < -0.3 is 10.2 Å². The Morgan fingerprint density at radius 3 is 2.71 bits per heavy atom. The summed E-state index contributed by atoms with van der Waals surface area (Å²) < 4.78 is 0. The van der Waals surface area contributed by atoms with Crippen molar-refractivity contribution >= 4 is 11.6 Å². The highest BCUT2D eigenvalue weighted by Gasteiger charge is 2.32. The molecule has 1 aromatic rings. The van der Waals surface area contributed by atoms with E-state index in [9.17, 15) is 19.8 Å². The minimum Gasteiger partial charge on any atom is -0.507 e. The first kappa shape index (κ1) is 8.90. The normalized spacial score (nSPS) is 20.8. The Kier molecular flexibility index (Phi) is 1.86. The van der Waals surface area contributed by atoms with Gasteiger partial charge in [-0.3, -0.25) is 9.59 Å². The van der Waals surface area contributed by atoms with Gasteiger partial charge in [0, 0.05) is 12.0 Å². The standard InChI is InChI=1S/C10H8O4/c11-6-3-1-2-5-9(6)7(12)4-8(13)10(5)14/h1-3,8,11,13H,4H2/t8-/m0/s1. The number of rotatable bonds is 0. The Labute approximate surface area is 79.8 Å². The van der Waals surface area contributed by atoms with E-state index in [4.69, 9.17) is 0 Å². The number of aromatic hydroxyl groups is 1. The number of fused-ring (bicyclic) bond motifs is 1. The second kappa shape index (κ2) is 2.92. The van der Waals surface area contributed by atoms with Crippen molar-refractivity contribution in [2.75, 3.05) is 0 Å². The number of phenols is 1. The van der Waals surface area contributed by atoms with Crippen molar-refractivity contribution in [3.8, 4) is 5.75 Å². The Hall–Kier alpha value is -1.68. The SMILES string of the molecule is O=C1C[C@H](O)C(=O)c2cccc(O)c21. The highest BCUT2D eigenvalue weighted by atomic mass is 16.3. The lowest BCUT2D eigenvalue weighted by Crippen LogP contribution is -2.31. The van der Waals surface area contributed by atoms with Crippen molar-refractivity contribution < 1.29 is 19.8 Å². The predicted molar refractivity (Wildman–Crippen MR) is 47.4 cm³/mol. The van der Waals surface area contributed by atoms with Crippen LogP contribution < -0.4 is 0 Å². The van der Waals surface area contributed by atoms with Gasteiger partial charge in [-0.2, -0.15) is 0 Å². The summed E-state index contributed by atoms with van der Waals surface area (Å²) >= 11 is 0. The number of ketones is 2. The number of aliphatic hydroxyl groups excluding tert-OH is 1. The largest absolute Gasteiger partial charge is 0.507 e. The van der Waals surface area contributed by atoms with Gasteiger partial charge in [0.15, 0.2) is 11.6 Å². The van der Waals surface area contributed by atoms with Crippen molar-refractivity contribution in [1.29, 1.82) is 0 Å². The quantitative estimate of drug-likeness (QED) is 0.628. The smallest absolute Gasteiger partial charge is 0.192 e. The third kappa shape index (κ3) is 1.12. The highest BCUT2D eigenvalue weighted by Crippen LogP contribution is 2.28. The Morgan fingerprint density at radius 1 is 1.29 bits per heavy atom. The molecule has 0 saturated carbocycles. The van der Waals surface area contributed by atoms with Crippen LogP contribution in [-0.2, 0) is 0 Å². The lowest BCUT2D eigenvalue weighted by Gasteiger charge is -2.18. The van der Waals surface area contributed by atoms with Crippen molar-refractivity contribution in [1.82, 2.24) is 0 Å². The first-order chi connectivity index (χ1) is 6.61. The molecule has 0 heterocycles. The first-order valence-corrected chi connectivity index (χ1v) is 4.18. The molecule has 0 aliphatic heterocycles. The second-order valence-corrected chi connectivity index (χ2v) is 3.21. The molecule has 1 aliphatic carbocycles. The molecular formula is C10H8O4. The fourth-order valence-corrected chi connectivity index (χ4v) is 1.59. The van der Waals surface area contributed by atoms with Gasteiger partial charge in [-0.1, -0.05) is 12.1 Å². The van der Waals surface area contributed by atoms with Crippen molar-refractivity contribution in [3.05, 3.63) is 29.3 Å². The van der Waals surface area contributed by atoms with Crippen LogP contribution in [0.3, 0.4) is 0 Å². The van der Waals surface area contributed by atoms with Gasteiger partial charge in [-0.25, -0.2) is 0 Å². The van der Waals surface area contributed by atoms with Crippen LogP contribution in [0, 0.1) is 0 Å². The van der Waals surface area contributed by atoms with Crippen molar-refractivity contribution in [2.24, 2.45) is 0 Å². The molecule has 72 valence electrons. The molecule has 2 rings (SSSR count). The average molecular weight is 192 g/mol. The van der Waals surface area contributed by atoms with Crippen molar-refractivity contribution in [3.63, 3.8) is 0 Å². The third-order valence-electron chi connectivity index (χ3n) is 2.27. The van der Waals surface area contributed by atoms with Crippen LogP contribution in [0.25, 0.3) is 0 Å². The van der Waals surface area contributed by atoms with Gasteiger partial charge in [0.1, 0.15) is 11.9 Å². The Morgan fingerprint density at radius 2 is 2.00 bits per heavy atom. The summed E-state index contributed by atoms with van der Waals surface area (Å²) in [5, 5.41) is 18.6. The number of aliphatic hydroxyl groups is 1. The lowest BCUT2D eigenvalue weighted by atomic mass is 9.87. The third-order valence-corrected chi connectivity index (χ3v) is 2.27. The second-order valence-electron chi connectivity index (χ2n) is 3.21. The zero-order valence-corrected chi connectivity index (χ0v) is 7.23. The van der Waals surface area contributed by atoms with E-state index in [1.807, 2.05) is 0 Å². The fraction of sp³-hybridized carbons (Fsp3) is 0.200. The Bertz CT molecular complexity index is 422. The number of Topliss-reactive ketones (excluding diaryl/α,β-unsaturated/α-hetero) is 2. The van der Waals surface area contributed by atoms with Crippen LogP contribution in [0.2, 0.25) is 0 Å². The molecule has 0 spiro atoms. The van der Waals surface area contributed by atoms with E-state index in [1.165, 1.54) is 18.2 Å². The molecule has 1 atom stereocenters. The molecule has 0 bridgehead atoms. The zero-order chi connectivity index (χ0) is 10.3. The maximum absolute atomic E-state index is 11.4. The minimum absolute atomic E-state index is 0.0304. The molecule has 0 unspecified atom stereocenters. The van der Waals surface area contributed by atoms with E-state index in [1.54, 1.807) is 0 Å². The fourth-order valence-electron chi connectivity index (χ4n) is 1.59. The number of carbonyl (C=O) groups excluding carboxylic acids is 2.